The van der Waals surface area contributed by atoms with Crippen LogP contribution in [0.3, 0.4) is 0 Å². The minimum atomic E-state index is 0.214. The van der Waals surface area contributed by atoms with E-state index >= 15 is 0 Å². The van der Waals surface area contributed by atoms with Gasteiger partial charge in [0.05, 0.1) is 0 Å². The van der Waals surface area contributed by atoms with E-state index in [0.717, 1.165) is 31.6 Å². The normalized spacial score (nSPS) is 15.1. The van der Waals surface area contributed by atoms with Gasteiger partial charge in [0.2, 0.25) is 5.91 Å². The molecule has 1 amide bonds. The van der Waals surface area contributed by atoms with Crippen molar-refractivity contribution < 1.29 is 4.79 Å². The molecule has 3 nitrogen and oxygen atoms in total. The number of carbonyl (C=O) groups excluding carboxylic acids is 1. The van der Waals surface area contributed by atoms with Gasteiger partial charge in [-0.25, -0.2) is 0 Å². The summed E-state index contributed by atoms with van der Waals surface area (Å²) in [5.41, 5.74) is 8.42. The molecule has 0 radical (unpaired) electrons. The van der Waals surface area contributed by atoms with Crippen LogP contribution in [-0.2, 0) is 17.6 Å². The fourth-order valence-electron chi connectivity index (χ4n) is 5.29. The molecule has 1 aliphatic rings. The number of benzene rings is 4. The van der Waals surface area contributed by atoms with Crippen LogP contribution in [0.2, 0.25) is 0 Å². The SMILES string of the molecule is CN(C)CC1Cc2ccccc2N(C(=O)CCc2ccc(-c3ccc(-c4ccccc4)cc3)cc2)C1. The van der Waals surface area contributed by atoms with Crippen molar-refractivity contribution in [3.05, 3.63) is 114 Å². The molecule has 4 aromatic rings. The van der Waals surface area contributed by atoms with Crippen LogP contribution in [0, 0.1) is 5.92 Å². The Balaban J connectivity index is 1.23. The lowest BCUT2D eigenvalue weighted by Crippen LogP contribution is -2.43. The standard InChI is InChI=1S/C33H34N2O/c1-34(2)23-26-22-31-10-6-7-11-32(31)35(24-26)33(36)21-14-25-12-15-28(16-13-25)30-19-17-29(18-20-30)27-8-4-3-5-9-27/h3-13,15-20,26H,14,21-24H2,1-2H3. The smallest absolute Gasteiger partial charge is 0.227 e. The van der Waals surface area contributed by atoms with E-state index in [4.69, 9.17) is 0 Å². The predicted molar refractivity (Wildman–Crippen MR) is 150 cm³/mol. The summed E-state index contributed by atoms with van der Waals surface area (Å²) in [4.78, 5) is 17.6. The van der Waals surface area contributed by atoms with E-state index in [-0.39, 0.29) is 5.91 Å². The largest absolute Gasteiger partial charge is 0.312 e. The Morgan fingerprint density at radius 3 is 1.94 bits per heavy atom. The maximum atomic E-state index is 13.3. The number of aryl methyl sites for hydroxylation is 1. The minimum absolute atomic E-state index is 0.214. The first-order valence-corrected chi connectivity index (χ1v) is 12.8. The van der Waals surface area contributed by atoms with Crippen LogP contribution in [0.25, 0.3) is 22.3 Å². The van der Waals surface area contributed by atoms with E-state index in [0.29, 0.717) is 12.3 Å². The molecule has 0 N–H and O–H groups in total. The highest BCUT2D eigenvalue weighted by Gasteiger charge is 2.28. The summed E-state index contributed by atoms with van der Waals surface area (Å²) in [5.74, 6) is 0.679. The average Bonchev–Trinajstić information content (AvgIpc) is 2.92. The number of hydrogen-bond acceptors (Lipinski definition) is 2. The molecule has 0 spiro atoms. The van der Waals surface area contributed by atoms with E-state index < -0.39 is 0 Å². The van der Waals surface area contributed by atoms with Crippen molar-refractivity contribution in [3.63, 3.8) is 0 Å². The second-order valence-electron chi connectivity index (χ2n) is 10.1. The zero-order valence-electron chi connectivity index (χ0n) is 21.2. The van der Waals surface area contributed by atoms with Gasteiger partial charge in [0, 0.05) is 25.2 Å². The topological polar surface area (TPSA) is 23.6 Å². The third-order valence-corrected chi connectivity index (χ3v) is 7.06. The molecule has 0 aliphatic carbocycles. The summed E-state index contributed by atoms with van der Waals surface area (Å²) >= 11 is 0. The average molecular weight is 475 g/mol. The Bertz CT molecular complexity index is 1290. The minimum Gasteiger partial charge on any atom is -0.312 e. The van der Waals surface area contributed by atoms with Gasteiger partial charge in [-0.3, -0.25) is 4.79 Å². The first kappa shape index (κ1) is 24.0. The van der Waals surface area contributed by atoms with E-state index in [9.17, 15) is 4.79 Å². The molecule has 0 saturated heterocycles. The third kappa shape index (κ3) is 5.58. The molecule has 0 saturated carbocycles. The zero-order chi connectivity index (χ0) is 24.9. The van der Waals surface area contributed by atoms with Gasteiger partial charge in [-0.1, -0.05) is 97.1 Å². The fourth-order valence-corrected chi connectivity index (χ4v) is 5.29. The van der Waals surface area contributed by atoms with Crippen LogP contribution < -0.4 is 4.90 Å². The van der Waals surface area contributed by atoms with Crippen molar-refractivity contribution in [2.24, 2.45) is 5.92 Å². The summed E-state index contributed by atoms with van der Waals surface area (Å²) in [7, 11) is 4.21. The maximum absolute atomic E-state index is 13.3. The lowest BCUT2D eigenvalue weighted by atomic mass is 9.91. The molecule has 4 aromatic carbocycles. The second kappa shape index (κ2) is 10.9. The Morgan fingerprint density at radius 2 is 1.31 bits per heavy atom. The summed E-state index contributed by atoms with van der Waals surface area (Å²) in [6.07, 6.45) is 2.31. The molecule has 1 aliphatic heterocycles. The Kier molecular flexibility index (Phi) is 7.29. The highest BCUT2D eigenvalue weighted by Crippen LogP contribution is 2.31. The first-order valence-electron chi connectivity index (χ1n) is 12.8. The molecule has 1 unspecified atom stereocenters. The van der Waals surface area contributed by atoms with Gasteiger partial charge >= 0.3 is 0 Å². The molecular formula is C33H34N2O. The van der Waals surface area contributed by atoms with Crippen LogP contribution in [0.1, 0.15) is 17.5 Å². The van der Waals surface area contributed by atoms with Crippen LogP contribution >= 0.6 is 0 Å². The summed E-state index contributed by atoms with van der Waals surface area (Å²) in [6, 6.07) is 36.2. The van der Waals surface area contributed by atoms with E-state index in [1.807, 2.05) is 17.0 Å². The monoisotopic (exact) mass is 474 g/mol. The van der Waals surface area contributed by atoms with Crippen molar-refractivity contribution in [1.29, 1.82) is 0 Å². The van der Waals surface area contributed by atoms with Crippen molar-refractivity contribution in [1.82, 2.24) is 4.90 Å². The number of hydrogen-bond donors (Lipinski definition) is 0. The highest BCUT2D eigenvalue weighted by atomic mass is 16.2. The molecule has 5 rings (SSSR count). The lowest BCUT2D eigenvalue weighted by Gasteiger charge is -2.36. The molecular weight excluding hydrogens is 440 g/mol. The molecule has 36 heavy (non-hydrogen) atoms. The summed E-state index contributed by atoms with van der Waals surface area (Å²) < 4.78 is 0. The molecule has 3 heteroatoms. The lowest BCUT2D eigenvalue weighted by molar-refractivity contribution is -0.118. The van der Waals surface area contributed by atoms with E-state index in [2.05, 4.69) is 110 Å². The molecule has 1 atom stereocenters. The van der Waals surface area contributed by atoms with Gasteiger partial charge in [-0.2, -0.15) is 0 Å². The first-order chi connectivity index (χ1) is 17.6. The van der Waals surface area contributed by atoms with Crippen LogP contribution in [0.5, 0.6) is 0 Å². The van der Waals surface area contributed by atoms with Crippen LogP contribution in [0.15, 0.2) is 103 Å². The summed E-state index contributed by atoms with van der Waals surface area (Å²) in [6.45, 7) is 1.79. The number of anilines is 1. The molecule has 1 heterocycles. The fraction of sp³-hybridized carbons (Fsp3) is 0.242. The van der Waals surface area contributed by atoms with Crippen LogP contribution in [0.4, 0.5) is 5.69 Å². The summed E-state index contributed by atoms with van der Waals surface area (Å²) in [5, 5.41) is 0. The molecule has 0 bridgehead atoms. The predicted octanol–water partition coefficient (Wildman–Crippen LogP) is 6.72. The van der Waals surface area contributed by atoms with Crippen LogP contribution in [-0.4, -0.2) is 38.0 Å². The van der Waals surface area contributed by atoms with Gasteiger partial charge in [-0.05, 0) is 72.3 Å². The highest BCUT2D eigenvalue weighted by molar-refractivity contribution is 5.94. The van der Waals surface area contributed by atoms with Crippen molar-refractivity contribution in [2.45, 2.75) is 19.3 Å². The molecule has 0 aromatic heterocycles. The Morgan fingerprint density at radius 1 is 0.750 bits per heavy atom. The quantitative estimate of drug-likeness (QED) is 0.297. The Hall–Kier alpha value is -3.69. The van der Waals surface area contributed by atoms with Gasteiger partial charge < -0.3 is 9.80 Å². The number of fused-ring (bicyclic) bond motifs is 1. The van der Waals surface area contributed by atoms with Crippen molar-refractivity contribution in [2.75, 3.05) is 32.1 Å². The van der Waals surface area contributed by atoms with Gasteiger partial charge in [0.1, 0.15) is 0 Å². The number of amides is 1. The van der Waals surface area contributed by atoms with Crippen molar-refractivity contribution >= 4 is 11.6 Å². The van der Waals surface area contributed by atoms with Gasteiger partial charge in [0.15, 0.2) is 0 Å². The zero-order valence-corrected chi connectivity index (χ0v) is 21.2. The maximum Gasteiger partial charge on any atom is 0.227 e. The third-order valence-electron chi connectivity index (χ3n) is 7.06. The van der Waals surface area contributed by atoms with E-state index in [1.165, 1.54) is 33.4 Å². The van der Waals surface area contributed by atoms with Gasteiger partial charge in [0.25, 0.3) is 0 Å². The van der Waals surface area contributed by atoms with Gasteiger partial charge in [-0.15, -0.1) is 0 Å². The number of nitrogens with zero attached hydrogens (tertiary/aromatic N) is 2. The van der Waals surface area contributed by atoms with E-state index in [1.54, 1.807) is 0 Å². The van der Waals surface area contributed by atoms with Crippen molar-refractivity contribution in [3.8, 4) is 22.3 Å². The molecule has 0 fully saturated rings. The number of rotatable bonds is 7. The second-order valence-corrected chi connectivity index (χ2v) is 10.1. The number of para-hydroxylation sites is 1. The Labute approximate surface area is 215 Å². The number of carbonyl (C=O) groups is 1. The molecule has 182 valence electrons.